The molecular weight excluding hydrogens is 454 g/mol. The van der Waals surface area contributed by atoms with E-state index in [2.05, 4.69) is 117 Å². The highest BCUT2D eigenvalue weighted by Crippen LogP contribution is 2.44. The number of fused-ring (bicyclic) bond motifs is 3. The standard InChI is InChI=1S/C34H29NS/c1-3-23(4-2)26-17-18-35-31(21-26)27-15-16-32-30(19-27)34-29(25-13-9-6-10-14-25)20-28(22-33(34)36-32)24-11-7-5-8-12-24/h5-23H,3-4H2,1-2H3. The predicted molar refractivity (Wildman–Crippen MR) is 157 cm³/mol. The summed E-state index contributed by atoms with van der Waals surface area (Å²) in [5, 5.41) is 2.64. The Morgan fingerprint density at radius 2 is 1.36 bits per heavy atom. The van der Waals surface area contributed by atoms with Crippen LogP contribution in [0.1, 0.15) is 38.2 Å². The number of nitrogens with zero attached hydrogens (tertiary/aromatic N) is 1. The second-order valence-corrected chi connectivity index (χ2v) is 10.5. The fourth-order valence-electron chi connectivity index (χ4n) is 5.33. The van der Waals surface area contributed by atoms with E-state index in [0.717, 1.165) is 18.5 Å². The van der Waals surface area contributed by atoms with Gasteiger partial charge < -0.3 is 0 Å². The average molecular weight is 484 g/mol. The first-order valence-corrected chi connectivity index (χ1v) is 13.6. The lowest BCUT2D eigenvalue weighted by atomic mass is 9.92. The molecule has 2 aromatic heterocycles. The Morgan fingerprint density at radius 1 is 0.639 bits per heavy atom. The van der Waals surface area contributed by atoms with E-state index >= 15 is 0 Å². The van der Waals surface area contributed by atoms with Crippen molar-refractivity contribution in [2.24, 2.45) is 0 Å². The van der Waals surface area contributed by atoms with Crippen LogP contribution in [0.2, 0.25) is 0 Å². The van der Waals surface area contributed by atoms with Crippen LogP contribution in [0.25, 0.3) is 53.7 Å². The molecule has 176 valence electrons. The van der Waals surface area contributed by atoms with Crippen molar-refractivity contribution in [3.63, 3.8) is 0 Å². The minimum absolute atomic E-state index is 0.582. The fourth-order valence-corrected chi connectivity index (χ4v) is 6.48. The van der Waals surface area contributed by atoms with E-state index in [-0.39, 0.29) is 0 Å². The molecule has 0 saturated carbocycles. The molecule has 0 N–H and O–H groups in total. The van der Waals surface area contributed by atoms with Crippen molar-refractivity contribution >= 4 is 31.5 Å². The molecule has 36 heavy (non-hydrogen) atoms. The lowest BCUT2D eigenvalue weighted by molar-refractivity contribution is 0.641. The molecule has 0 bridgehead atoms. The van der Waals surface area contributed by atoms with Crippen LogP contribution in [0.4, 0.5) is 0 Å². The molecule has 2 heteroatoms. The lowest BCUT2D eigenvalue weighted by Crippen LogP contribution is -1.96. The van der Waals surface area contributed by atoms with E-state index in [1.54, 1.807) is 0 Å². The number of aromatic nitrogens is 1. The van der Waals surface area contributed by atoms with Crippen LogP contribution in [0.3, 0.4) is 0 Å². The quantitative estimate of drug-likeness (QED) is 0.230. The van der Waals surface area contributed by atoms with Crippen molar-refractivity contribution in [3.8, 4) is 33.5 Å². The summed E-state index contributed by atoms with van der Waals surface area (Å²) in [6.07, 6.45) is 4.27. The van der Waals surface area contributed by atoms with E-state index in [1.807, 2.05) is 17.5 Å². The topological polar surface area (TPSA) is 12.9 Å². The van der Waals surface area contributed by atoms with Gasteiger partial charge in [0.05, 0.1) is 5.69 Å². The monoisotopic (exact) mass is 483 g/mol. The van der Waals surface area contributed by atoms with Gasteiger partial charge in [-0.25, -0.2) is 0 Å². The molecule has 0 saturated heterocycles. The Kier molecular flexibility index (Phi) is 6.13. The summed E-state index contributed by atoms with van der Waals surface area (Å²) in [7, 11) is 0. The molecule has 0 atom stereocenters. The van der Waals surface area contributed by atoms with Gasteiger partial charge in [-0.05, 0) is 83.0 Å². The maximum absolute atomic E-state index is 4.77. The molecule has 0 aliphatic rings. The third-order valence-electron chi connectivity index (χ3n) is 7.30. The second kappa shape index (κ2) is 9.72. The Morgan fingerprint density at radius 3 is 2.08 bits per heavy atom. The summed E-state index contributed by atoms with van der Waals surface area (Å²) in [5.74, 6) is 0.582. The molecule has 6 rings (SSSR count). The van der Waals surface area contributed by atoms with Crippen molar-refractivity contribution in [2.75, 3.05) is 0 Å². The molecule has 0 spiro atoms. The Hall–Kier alpha value is -3.75. The Bertz CT molecular complexity index is 1640. The number of benzene rings is 4. The van der Waals surface area contributed by atoms with Gasteiger partial charge in [0, 0.05) is 31.9 Å². The molecule has 0 fully saturated rings. The zero-order chi connectivity index (χ0) is 24.5. The SMILES string of the molecule is CCC(CC)c1ccnc(-c2ccc3sc4cc(-c5ccccc5)cc(-c5ccccc5)c4c3c2)c1. The van der Waals surface area contributed by atoms with E-state index in [4.69, 9.17) is 4.98 Å². The molecule has 0 radical (unpaired) electrons. The molecule has 4 aromatic carbocycles. The first-order valence-electron chi connectivity index (χ1n) is 12.8. The van der Waals surface area contributed by atoms with Gasteiger partial charge >= 0.3 is 0 Å². The van der Waals surface area contributed by atoms with E-state index < -0.39 is 0 Å². The molecule has 0 amide bonds. The summed E-state index contributed by atoms with van der Waals surface area (Å²) >= 11 is 1.88. The highest BCUT2D eigenvalue weighted by molar-refractivity contribution is 7.26. The van der Waals surface area contributed by atoms with Gasteiger partial charge in [0.15, 0.2) is 0 Å². The van der Waals surface area contributed by atoms with Crippen LogP contribution in [0, 0.1) is 0 Å². The van der Waals surface area contributed by atoms with E-state index in [0.29, 0.717) is 5.92 Å². The van der Waals surface area contributed by atoms with Crippen molar-refractivity contribution in [2.45, 2.75) is 32.6 Å². The van der Waals surface area contributed by atoms with Crippen LogP contribution in [0.5, 0.6) is 0 Å². The number of pyridine rings is 1. The van der Waals surface area contributed by atoms with Gasteiger partial charge in [-0.1, -0.05) is 80.6 Å². The molecule has 2 heterocycles. The zero-order valence-electron chi connectivity index (χ0n) is 20.7. The summed E-state index contributed by atoms with van der Waals surface area (Å²) in [6, 6.07) is 37.5. The van der Waals surface area contributed by atoms with E-state index in [1.165, 1.54) is 53.6 Å². The lowest BCUT2D eigenvalue weighted by Gasteiger charge is -2.13. The van der Waals surface area contributed by atoms with Gasteiger partial charge in [0.2, 0.25) is 0 Å². The second-order valence-electron chi connectivity index (χ2n) is 9.43. The summed E-state index contributed by atoms with van der Waals surface area (Å²) < 4.78 is 2.63. The third-order valence-corrected chi connectivity index (χ3v) is 8.42. The maximum Gasteiger partial charge on any atom is 0.0705 e. The van der Waals surface area contributed by atoms with Crippen LogP contribution in [-0.2, 0) is 0 Å². The maximum atomic E-state index is 4.77. The zero-order valence-corrected chi connectivity index (χ0v) is 21.6. The van der Waals surface area contributed by atoms with Crippen molar-refractivity contribution < 1.29 is 0 Å². The van der Waals surface area contributed by atoms with Crippen LogP contribution in [0.15, 0.2) is 109 Å². The van der Waals surface area contributed by atoms with E-state index in [9.17, 15) is 0 Å². The summed E-state index contributed by atoms with van der Waals surface area (Å²) in [4.78, 5) is 4.77. The smallest absolute Gasteiger partial charge is 0.0705 e. The largest absolute Gasteiger partial charge is 0.256 e. The fraction of sp³-hybridized carbons (Fsp3) is 0.147. The molecule has 1 nitrogen and oxygen atoms in total. The van der Waals surface area contributed by atoms with Crippen LogP contribution in [-0.4, -0.2) is 4.98 Å². The Labute approximate surface area is 217 Å². The molecule has 0 unspecified atom stereocenters. The van der Waals surface area contributed by atoms with Crippen molar-refractivity contribution in [1.82, 2.24) is 4.98 Å². The highest BCUT2D eigenvalue weighted by atomic mass is 32.1. The predicted octanol–water partition coefficient (Wildman–Crippen LogP) is 10.4. The number of hydrogen-bond acceptors (Lipinski definition) is 2. The Balaban J connectivity index is 1.58. The van der Waals surface area contributed by atoms with Crippen molar-refractivity contribution in [1.29, 1.82) is 0 Å². The number of rotatable bonds is 6. The van der Waals surface area contributed by atoms with Gasteiger partial charge in [-0.2, -0.15) is 0 Å². The molecular formula is C34H29NS. The normalized spacial score (nSPS) is 11.5. The molecule has 0 aliphatic carbocycles. The van der Waals surface area contributed by atoms with Gasteiger partial charge in [-0.15, -0.1) is 11.3 Å². The first-order chi connectivity index (χ1) is 17.7. The summed E-state index contributed by atoms with van der Waals surface area (Å²) in [5.41, 5.74) is 8.67. The van der Waals surface area contributed by atoms with Crippen molar-refractivity contribution in [3.05, 3.63) is 115 Å². The minimum Gasteiger partial charge on any atom is -0.256 e. The third kappa shape index (κ3) is 4.12. The first kappa shape index (κ1) is 22.7. The van der Waals surface area contributed by atoms with Gasteiger partial charge in [0.1, 0.15) is 0 Å². The van der Waals surface area contributed by atoms with Crippen LogP contribution >= 0.6 is 11.3 Å². The highest BCUT2D eigenvalue weighted by Gasteiger charge is 2.15. The molecule has 6 aromatic rings. The average Bonchev–Trinajstić information content (AvgIpc) is 3.32. The number of hydrogen-bond donors (Lipinski definition) is 0. The minimum atomic E-state index is 0.582. The van der Waals surface area contributed by atoms with Gasteiger partial charge in [0.25, 0.3) is 0 Å². The van der Waals surface area contributed by atoms with Crippen LogP contribution < -0.4 is 0 Å². The summed E-state index contributed by atoms with van der Waals surface area (Å²) in [6.45, 7) is 4.54. The number of thiophene rings is 1. The van der Waals surface area contributed by atoms with Gasteiger partial charge in [-0.3, -0.25) is 4.98 Å². The molecule has 0 aliphatic heterocycles.